The minimum atomic E-state index is 0.136. The van der Waals surface area contributed by atoms with Gasteiger partial charge in [0, 0.05) is 18.0 Å². The van der Waals surface area contributed by atoms with Gasteiger partial charge in [0.1, 0.15) is 0 Å². The predicted molar refractivity (Wildman–Crippen MR) is 76.2 cm³/mol. The van der Waals surface area contributed by atoms with Gasteiger partial charge in [-0.15, -0.1) is 0 Å². The fraction of sp³-hybridized carbons (Fsp3) is 0.933. The number of hydrogen-bond acceptors (Lipinski definition) is 2. The standard InChI is InChI=1S/C15H30N2O/c1-4-5-6-7-12(3)17-15(18)13-8-11(2)9-14(16)10-13/h11-14H,4-10,16H2,1-3H3,(H,17,18). The average molecular weight is 254 g/mol. The van der Waals surface area contributed by atoms with Gasteiger partial charge in [0.25, 0.3) is 0 Å². The molecule has 1 rings (SSSR count). The van der Waals surface area contributed by atoms with Crippen molar-refractivity contribution in [2.75, 3.05) is 0 Å². The highest BCUT2D eigenvalue weighted by Gasteiger charge is 2.29. The van der Waals surface area contributed by atoms with Gasteiger partial charge in [-0.05, 0) is 38.5 Å². The van der Waals surface area contributed by atoms with Gasteiger partial charge in [0.2, 0.25) is 5.91 Å². The van der Waals surface area contributed by atoms with Gasteiger partial charge < -0.3 is 11.1 Å². The van der Waals surface area contributed by atoms with Crippen LogP contribution in [0.5, 0.6) is 0 Å². The Morgan fingerprint density at radius 2 is 2.06 bits per heavy atom. The molecule has 0 aromatic rings. The van der Waals surface area contributed by atoms with Gasteiger partial charge in [0.15, 0.2) is 0 Å². The summed E-state index contributed by atoms with van der Waals surface area (Å²) in [4.78, 5) is 12.2. The van der Waals surface area contributed by atoms with Crippen LogP contribution in [0.3, 0.4) is 0 Å². The Bertz CT molecular complexity index is 245. The second-order valence-corrected chi connectivity index (χ2v) is 6.17. The molecule has 0 aromatic heterocycles. The van der Waals surface area contributed by atoms with Crippen molar-refractivity contribution in [1.29, 1.82) is 0 Å². The highest BCUT2D eigenvalue weighted by molar-refractivity contribution is 5.79. The van der Waals surface area contributed by atoms with Crippen LogP contribution in [-0.2, 0) is 4.79 Å². The Labute approximate surface area is 112 Å². The van der Waals surface area contributed by atoms with Gasteiger partial charge in [-0.3, -0.25) is 4.79 Å². The van der Waals surface area contributed by atoms with Crippen molar-refractivity contribution in [2.45, 2.75) is 77.8 Å². The SMILES string of the molecule is CCCCCC(C)NC(=O)C1CC(C)CC(N)C1. The monoisotopic (exact) mass is 254 g/mol. The molecule has 0 aromatic carbocycles. The van der Waals surface area contributed by atoms with Crippen LogP contribution in [0.15, 0.2) is 0 Å². The van der Waals surface area contributed by atoms with Crippen molar-refractivity contribution >= 4 is 5.91 Å². The molecule has 1 amide bonds. The first-order valence-electron chi connectivity index (χ1n) is 7.58. The summed E-state index contributed by atoms with van der Waals surface area (Å²) in [5.74, 6) is 0.943. The third-order valence-corrected chi connectivity index (χ3v) is 3.98. The fourth-order valence-corrected chi connectivity index (χ4v) is 3.00. The van der Waals surface area contributed by atoms with Crippen LogP contribution >= 0.6 is 0 Å². The lowest BCUT2D eigenvalue weighted by Gasteiger charge is -2.31. The molecule has 18 heavy (non-hydrogen) atoms. The molecule has 4 unspecified atom stereocenters. The number of rotatable bonds is 6. The summed E-state index contributed by atoms with van der Waals surface area (Å²) in [6.07, 6.45) is 7.71. The topological polar surface area (TPSA) is 55.1 Å². The maximum atomic E-state index is 12.2. The second kappa shape index (κ2) is 7.78. The molecule has 0 heterocycles. The minimum absolute atomic E-state index is 0.136. The summed E-state index contributed by atoms with van der Waals surface area (Å²) in [5.41, 5.74) is 6.00. The number of nitrogens with one attached hydrogen (secondary N) is 1. The van der Waals surface area contributed by atoms with E-state index in [0.29, 0.717) is 12.0 Å². The van der Waals surface area contributed by atoms with Crippen molar-refractivity contribution < 1.29 is 4.79 Å². The summed E-state index contributed by atoms with van der Waals surface area (Å²) in [5, 5.41) is 3.16. The lowest BCUT2D eigenvalue weighted by atomic mass is 9.79. The highest BCUT2D eigenvalue weighted by atomic mass is 16.1. The quantitative estimate of drug-likeness (QED) is 0.716. The van der Waals surface area contributed by atoms with Crippen molar-refractivity contribution in [2.24, 2.45) is 17.6 Å². The van der Waals surface area contributed by atoms with E-state index >= 15 is 0 Å². The smallest absolute Gasteiger partial charge is 0.223 e. The van der Waals surface area contributed by atoms with Gasteiger partial charge in [-0.2, -0.15) is 0 Å². The Hall–Kier alpha value is -0.570. The van der Waals surface area contributed by atoms with Crippen LogP contribution in [0, 0.1) is 11.8 Å². The zero-order valence-corrected chi connectivity index (χ0v) is 12.2. The van der Waals surface area contributed by atoms with Gasteiger partial charge in [-0.25, -0.2) is 0 Å². The van der Waals surface area contributed by atoms with E-state index in [-0.39, 0.29) is 17.9 Å². The Balaban J connectivity index is 2.30. The van der Waals surface area contributed by atoms with E-state index in [1.165, 1.54) is 19.3 Å². The molecule has 0 spiro atoms. The zero-order valence-electron chi connectivity index (χ0n) is 12.2. The second-order valence-electron chi connectivity index (χ2n) is 6.17. The number of hydrogen-bond donors (Lipinski definition) is 2. The van der Waals surface area contributed by atoms with E-state index in [4.69, 9.17) is 5.73 Å². The summed E-state index contributed by atoms with van der Waals surface area (Å²) in [6, 6.07) is 0.511. The van der Waals surface area contributed by atoms with Crippen LogP contribution < -0.4 is 11.1 Å². The molecule has 0 saturated heterocycles. The predicted octanol–water partition coefficient (Wildman–Crippen LogP) is 2.83. The summed E-state index contributed by atoms with van der Waals surface area (Å²) >= 11 is 0. The molecule has 4 atom stereocenters. The summed E-state index contributed by atoms with van der Waals surface area (Å²) in [6.45, 7) is 6.51. The molecule has 3 nitrogen and oxygen atoms in total. The normalized spacial score (nSPS) is 29.9. The molecule has 0 radical (unpaired) electrons. The van der Waals surface area contributed by atoms with E-state index in [0.717, 1.165) is 25.7 Å². The van der Waals surface area contributed by atoms with E-state index < -0.39 is 0 Å². The minimum Gasteiger partial charge on any atom is -0.353 e. The lowest BCUT2D eigenvalue weighted by Crippen LogP contribution is -2.42. The van der Waals surface area contributed by atoms with E-state index in [2.05, 4.69) is 26.1 Å². The molecule has 0 aliphatic heterocycles. The van der Waals surface area contributed by atoms with Crippen molar-refractivity contribution in [1.82, 2.24) is 5.32 Å². The van der Waals surface area contributed by atoms with Gasteiger partial charge in [-0.1, -0.05) is 33.1 Å². The first-order valence-corrected chi connectivity index (χ1v) is 7.58. The van der Waals surface area contributed by atoms with Crippen LogP contribution in [0.2, 0.25) is 0 Å². The molecule has 1 fully saturated rings. The molecule has 3 N–H and O–H groups in total. The third kappa shape index (κ3) is 5.38. The molecule has 1 aliphatic rings. The molecule has 1 saturated carbocycles. The van der Waals surface area contributed by atoms with E-state index in [1.807, 2.05) is 0 Å². The number of amides is 1. The van der Waals surface area contributed by atoms with Crippen molar-refractivity contribution in [3.63, 3.8) is 0 Å². The van der Waals surface area contributed by atoms with Crippen molar-refractivity contribution in [3.05, 3.63) is 0 Å². The van der Waals surface area contributed by atoms with Crippen LogP contribution in [-0.4, -0.2) is 18.0 Å². The van der Waals surface area contributed by atoms with Gasteiger partial charge >= 0.3 is 0 Å². The molecular formula is C15H30N2O. The molecule has 0 bridgehead atoms. The number of nitrogens with two attached hydrogens (primary N) is 1. The van der Waals surface area contributed by atoms with Crippen molar-refractivity contribution in [3.8, 4) is 0 Å². The summed E-state index contributed by atoms with van der Waals surface area (Å²) in [7, 11) is 0. The number of carbonyl (C=O) groups excluding carboxylic acids is 1. The average Bonchev–Trinajstić information content (AvgIpc) is 2.28. The lowest BCUT2D eigenvalue weighted by molar-refractivity contribution is -0.127. The van der Waals surface area contributed by atoms with Crippen LogP contribution in [0.25, 0.3) is 0 Å². The largest absolute Gasteiger partial charge is 0.353 e. The maximum absolute atomic E-state index is 12.2. The summed E-state index contributed by atoms with van der Waals surface area (Å²) < 4.78 is 0. The molecule has 1 aliphatic carbocycles. The molecule has 3 heteroatoms. The van der Waals surface area contributed by atoms with Gasteiger partial charge in [0.05, 0.1) is 0 Å². The van der Waals surface area contributed by atoms with E-state index in [9.17, 15) is 4.79 Å². The maximum Gasteiger partial charge on any atom is 0.223 e. The fourth-order valence-electron chi connectivity index (χ4n) is 3.00. The third-order valence-electron chi connectivity index (χ3n) is 3.98. The first-order chi connectivity index (χ1) is 8.52. The van der Waals surface area contributed by atoms with Crippen LogP contribution in [0.4, 0.5) is 0 Å². The van der Waals surface area contributed by atoms with Crippen LogP contribution in [0.1, 0.15) is 65.7 Å². The Morgan fingerprint density at radius 3 is 2.67 bits per heavy atom. The van der Waals surface area contributed by atoms with E-state index in [1.54, 1.807) is 0 Å². The number of carbonyl (C=O) groups is 1. The zero-order chi connectivity index (χ0) is 13.5. The highest BCUT2D eigenvalue weighted by Crippen LogP contribution is 2.28. The first kappa shape index (κ1) is 15.5. The Kier molecular flexibility index (Phi) is 6.69. The molecular weight excluding hydrogens is 224 g/mol. The Morgan fingerprint density at radius 1 is 1.33 bits per heavy atom. The number of unbranched alkanes of at least 4 members (excludes halogenated alkanes) is 2. The molecule has 106 valence electrons.